The molecule has 2 aliphatic heterocycles. The van der Waals surface area contributed by atoms with Gasteiger partial charge >= 0.3 is 0 Å². The van der Waals surface area contributed by atoms with Crippen molar-refractivity contribution in [2.75, 3.05) is 0 Å². The van der Waals surface area contributed by atoms with Gasteiger partial charge in [0, 0.05) is 17.8 Å². The summed E-state index contributed by atoms with van der Waals surface area (Å²) in [7, 11) is 0. The topological polar surface area (TPSA) is 61.6 Å². The van der Waals surface area contributed by atoms with Gasteiger partial charge in [-0.3, -0.25) is 10.1 Å². The van der Waals surface area contributed by atoms with Crippen LogP contribution in [-0.2, 0) is 9.47 Å². The molecule has 3 aliphatic carbocycles. The van der Waals surface area contributed by atoms with Gasteiger partial charge in [0.05, 0.1) is 12.2 Å². The minimum atomic E-state index is -0.389. The molecule has 0 aromatic rings. The molecule has 0 aromatic heterocycles. The first-order valence-electron chi connectivity index (χ1n) is 10.6. The smallest absolute Gasteiger partial charge is 0.213 e. The number of fused-ring (bicyclic) bond motifs is 3. The van der Waals surface area contributed by atoms with Crippen LogP contribution >= 0.6 is 0 Å². The largest absolute Gasteiger partial charge is 0.349 e. The average molecular weight is 354 g/mol. The number of ether oxygens (including phenoxy) is 2. The fourth-order valence-electron chi connectivity index (χ4n) is 5.07. The van der Waals surface area contributed by atoms with E-state index in [-0.39, 0.29) is 17.3 Å². The number of unbranched alkanes of at least 4 members (excludes halogenated alkanes) is 4. The highest BCUT2D eigenvalue weighted by Crippen LogP contribution is 2.47. The maximum absolute atomic E-state index is 11.3. The molecular weight excluding hydrogens is 318 g/mol. The van der Waals surface area contributed by atoms with Gasteiger partial charge in [0.15, 0.2) is 6.29 Å². The normalized spacial score (nSPS) is 34.8. The Bertz CT molecular complexity index is 410. The fourth-order valence-corrected chi connectivity index (χ4v) is 5.07. The van der Waals surface area contributed by atoms with Crippen molar-refractivity contribution in [2.24, 2.45) is 11.8 Å². The van der Waals surface area contributed by atoms with Crippen LogP contribution in [0.15, 0.2) is 0 Å². The van der Waals surface area contributed by atoms with Gasteiger partial charge in [-0.05, 0) is 56.8 Å². The fraction of sp³-hybridized carbons (Fsp3) is 1.00. The van der Waals surface area contributed by atoms with Crippen LogP contribution in [0.2, 0.25) is 0 Å². The Balaban J connectivity index is 1.36. The zero-order valence-corrected chi connectivity index (χ0v) is 15.7. The molecule has 5 rings (SSSR count). The molecule has 0 aromatic carbocycles. The van der Waals surface area contributed by atoms with Crippen LogP contribution in [0.3, 0.4) is 0 Å². The van der Waals surface area contributed by atoms with E-state index in [0.717, 1.165) is 32.1 Å². The Morgan fingerprint density at radius 2 is 1.56 bits per heavy atom. The summed E-state index contributed by atoms with van der Waals surface area (Å²) in [5.41, 5.74) is 0. The Hall–Kier alpha value is -0.680. The minimum absolute atomic E-state index is 0.0709. The molecule has 2 saturated heterocycles. The standard InChI is InChI=1S/C20H35NO4/c1-2-3-4-5-6-8-17(21(22)23)9-7-10-20-24-18-14-16-12-11-15(18)13-19(16)25-20/h15-20H,2-14H2,1H3. The molecule has 0 amide bonds. The van der Waals surface area contributed by atoms with E-state index >= 15 is 0 Å². The first kappa shape index (κ1) is 19.1. The Morgan fingerprint density at radius 3 is 2.12 bits per heavy atom. The van der Waals surface area contributed by atoms with Gasteiger partial charge in [-0.1, -0.05) is 32.6 Å². The second kappa shape index (κ2) is 9.31. The third-order valence-corrected chi connectivity index (χ3v) is 6.60. The first-order chi connectivity index (χ1) is 12.2. The number of hydrogen-bond acceptors (Lipinski definition) is 4. The molecule has 5 nitrogen and oxygen atoms in total. The minimum Gasteiger partial charge on any atom is -0.349 e. The number of rotatable bonds is 11. The summed E-state index contributed by atoms with van der Waals surface area (Å²) < 4.78 is 12.4. The van der Waals surface area contributed by atoms with E-state index in [2.05, 4.69) is 6.92 Å². The molecule has 5 unspecified atom stereocenters. The second-order valence-electron chi connectivity index (χ2n) is 8.42. The zero-order chi connectivity index (χ0) is 17.6. The molecule has 0 spiro atoms. The van der Waals surface area contributed by atoms with E-state index < -0.39 is 0 Å². The van der Waals surface area contributed by atoms with Crippen molar-refractivity contribution in [3.05, 3.63) is 10.1 Å². The lowest BCUT2D eigenvalue weighted by Gasteiger charge is -2.42. The lowest BCUT2D eigenvalue weighted by Crippen LogP contribution is -2.42. The molecule has 144 valence electrons. The summed E-state index contributed by atoms with van der Waals surface area (Å²) in [5, 5.41) is 11.3. The Morgan fingerprint density at radius 1 is 0.960 bits per heavy atom. The first-order valence-corrected chi connectivity index (χ1v) is 10.6. The Labute approximate surface area is 152 Å². The molecule has 2 heterocycles. The summed E-state index contributed by atoms with van der Waals surface area (Å²) >= 11 is 0. The summed E-state index contributed by atoms with van der Waals surface area (Å²) in [4.78, 5) is 11.2. The van der Waals surface area contributed by atoms with E-state index in [9.17, 15) is 10.1 Å². The monoisotopic (exact) mass is 353 g/mol. The number of nitro groups is 1. The third-order valence-electron chi connectivity index (χ3n) is 6.60. The average Bonchev–Trinajstić information content (AvgIpc) is 2.86. The summed E-state index contributed by atoms with van der Waals surface area (Å²) in [5.74, 6) is 1.38. The van der Waals surface area contributed by atoms with Crippen LogP contribution in [0.25, 0.3) is 0 Å². The van der Waals surface area contributed by atoms with Crippen LogP contribution in [0.5, 0.6) is 0 Å². The lowest BCUT2D eigenvalue weighted by molar-refractivity contribution is -0.524. The van der Waals surface area contributed by atoms with E-state index in [1.807, 2.05) is 0 Å². The molecular formula is C20H35NO4. The maximum atomic E-state index is 11.3. The third kappa shape index (κ3) is 5.16. The van der Waals surface area contributed by atoms with Crippen molar-refractivity contribution in [1.29, 1.82) is 0 Å². The van der Waals surface area contributed by atoms with E-state index in [1.54, 1.807) is 0 Å². The van der Waals surface area contributed by atoms with Gasteiger partial charge < -0.3 is 9.47 Å². The number of nitrogens with zero attached hydrogens (tertiary/aromatic N) is 1. The van der Waals surface area contributed by atoms with E-state index in [0.29, 0.717) is 30.5 Å². The van der Waals surface area contributed by atoms with Gasteiger partial charge in [0.1, 0.15) is 0 Å². The molecule has 5 fully saturated rings. The number of hydrogen-bond donors (Lipinski definition) is 0. The SMILES string of the molecule is CCCCCCCC(CCCC1OC2CC3CCC2CC3O1)[N+](=O)[O-]. The summed E-state index contributed by atoms with van der Waals surface area (Å²) in [6.07, 6.45) is 14.4. The van der Waals surface area contributed by atoms with Gasteiger partial charge in [-0.25, -0.2) is 0 Å². The van der Waals surface area contributed by atoms with Crippen LogP contribution in [0.1, 0.15) is 90.4 Å². The predicted molar refractivity (Wildman–Crippen MR) is 97.0 cm³/mol. The highest BCUT2D eigenvalue weighted by Gasteiger charge is 2.47. The van der Waals surface area contributed by atoms with Crippen LogP contribution < -0.4 is 0 Å². The zero-order valence-electron chi connectivity index (χ0n) is 15.7. The Kier molecular flexibility index (Phi) is 7.11. The van der Waals surface area contributed by atoms with E-state index in [1.165, 1.54) is 44.9 Å². The quantitative estimate of drug-likeness (QED) is 0.295. The van der Waals surface area contributed by atoms with E-state index in [4.69, 9.17) is 9.47 Å². The highest BCUT2D eigenvalue weighted by atomic mass is 16.7. The van der Waals surface area contributed by atoms with Gasteiger partial charge in [-0.15, -0.1) is 0 Å². The van der Waals surface area contributed by atoms with Crippen molar-refractivity contribution in [2.45, 2.75) is 115 Å². The molecule has 5 aliphatic rings. The van der Waals surface area contributed by atoms with Gasteiger partial charge in [-0.2, -0.15) is 0 Å². The van der Waals surface area contributed by atoms with Gasteiger partial charge in [0.25, 0.3) is 0 Å². The molecule has 0 N–H and O–H groups in total. The molecule has 25 heavy (non-hydrogen) atoms. The van der Waals surface area contributed by atoms with Crippen molar-refractivity contribution < 1.29 is 14.4 Å². The molecule has 4 bridgehead atoms. The van der Waals surface area contributed by atoms with Crippen molar-refractivity contribution >= 4 is 0 Å². The summed E-state index contributed by atoms with van der Waals surface area (Å²) in [6, 6.07) is -0.389. The highest BCUT2D eigenvalue weighted by molar-refractivity contribution is 4.95. The second-order valence-corrected chi connectivity index (χ2v) is 8.42. The van der Waals surface area contributed by atoms with Crippen molar-refractivity contribution in [3.63, 3.8) is 0 Å². The van der Waals surface area contributed by atoms with Crippen LogP contribution in [-0.4, -0.2) is 29.5 Å². The molecule has 5 atom stereocenters. The molecule has 5 heteroatoms. The predicted octanol–water partition coefficient (Wildman–Crippen LogP) is 5.09. The maximum Gasteiger partial charge on any atom is 0.213 e. The van der Waals surface area contributed by atoms with Crippen molar-refractivity contribution in [3.8, 4) is 0 Å². The van der Waals surface area contributed by atoms with Crippen LogP contribution in [0, 0.1) is 22.0 Å². The molecule has 0 radical (unpaired) electrons. The summed E-state index contributed by atoms with van der Waals surface area (Å²) in [6.45, 7) is 2.19. The van der Waals surface area contributed by atoms with Crippen molar-refractivity contribution in [1.82, 2.24) is 0 Å². The van der Waals surface area contributed by atoms with Gasteiger partial charge in [0.2, 0.25) is 6.04 Å². The lowest BCUT2D eigenvalue weighted by atomic mass is 9.67. The molecule has 3 saturated carbocycles. The van der Waals surface area contributed by atoms with Crippen LogP contribution in [0.4, 0.5) is 0 Å².